The van der Waals surface area contributed by atoms with Gasteiger partial charge in [0.1, 0.15) is 10.9 Å². The lowest BCUT2D eigenvalue weighted by Crippen LogP contribution is -2.30. The molecule has 5 rings (SSSR count). The van der Waals surface area contributed by atoms with Crippen LogP contribution in [0.3, 0.4) is 0 Å². The summed E-state index contributed by atoms with van der Waals surface area (Å²) in [5.74, 6) is -1.03. The molecular formula is C39H36N4O3S. The van der Waals surface area contributed by atoms with E-state index in [0.717, 1.165) is 33.0 Å². The number of nitrogens with zero attached hydrogens (tertiary/aromatic N) is 1. The third kappa shape index (κ3) is 8.99. The van der Waals surface area contributed by atoms with E-state index < -0.39 is 17.1 Å². The number of rotatable bonds is 11. The summed E-state index contributed by atoms with van der Waals surface area (Å²) >= 11 is 1.39. The van der Waals surface area contributed by atoms with Crippen LogP contribution in [0.25, 0.3) is 6.08 Å². The number of para-hydroxylation sites is 1. The van der Waals surface area contributed by atoms with E-state index in [-0.39, 0.29) is 11.6 Å². The summed E-state index contributed by atoms with van der Waals surface area (Å²) in [4.78, 5) is 43.2. The van der Waals surface area contributed by atoms with Crippen LogP contribution in [-0.4, -0.2) is 31.8 Å². The molecule has 0 radical (unpaired) electrons. The SMILES string of the molecule is Cc1ccccc1NC(=O)C(Sc1cccc(NC(=O)/C(=C\c2ccc(N(C)C)cc2)NC(=O)c2ccccc2)c1)c1ccccc1. The van der Waals surface area contributed by atoms with Crippen molar-refractivity contribution in [2.45, 2.75) is 17.1 Å². The first-order chi connectivity index (χ1) is 22.8. The Kier molecular flexibility index (Phi) is 10.9. The summed E-state index contributed by atoms with van der Waals surface area (Å²) < 4.78 is 0. The molecule has 0 aliphatic rings. The molecule has 0 aliphatic carbocycles. The summed E-state index contributed by atoms with van der Waals surface area (Å²) in [6.45, 7) is 1.95. The van der Waals surface area contributed by atoms with E-state index in [0.29, 0.717) is 11.3 Å². The van der Waals surface area contributed by atoms with E-state index in [1.807, 2.05) is 129 Å². The van der Waals surface area contributed by atoms with Gasteiger partial charge in [-0.2, -0.15) is 0 Å². The van der Waals surface area contributed by atoms with Gasteiger partial charge in [0.05, 0.1) is 0 Å². The zero-order valence-corrected chi connectivity index (χ0v) is 27.3. The molecule has 3 amide bonds. The molecular weight excluding hydrogens is 605 g/mol. The Morgan fingerprint density at radius 2 is 1.38 bits per heavy atom. The van der Waals surface area contributed by atoms with Crippen molar-refractivity contribution >= 4 is 52.6 Å². The van der Waals surface area contributed by atoms with Crippen molar-refractivity contribution in [1.82, 2.24) is 5.32 Å². The highest BCUT2D eigenvalue weighted by molar-refractivity contribution is 8.00. The molecule has 0 spiro atoms. The fraction of sp³-hybridized carbons (Fsp3) is 0.103. The average molecular weight is 641 g/mol. The maximum absolute atomic E-state index is 13.7. The van der Waals surface area contributed by atoms with Crippen molar-refractivity contribution in [3.63, 3.8) is 0 Å². The standard InChI is InChI=1S/C39H36N4O3S/c1-27-13-10-11-20-34(27)41-39(46)36(29-14-6-4-7-15-29)47-33-19-12-18-31(26-33)40-38(45)35(42-37(44)30-16-8-5-9-17-30)25-28-21-23-32(24-22-28)43(2)3/h4-26,36H,1-3H3,(H,40,45)(H,41,46)(H,42,44)/b35-25+. The van der Waals surface area contributed by atoms with Crippen LogP contribution in [0.15, 0.2) is 144 Å². The lowest BCUT2D eigenvalue weighted by atomic mass is 10.1. The highest BCUT2D eigenvalue weighted by Crippen LogP contribution is 2.37. The van der Waals surface area contributed by atoms with Crippen molar-refractivity contribution in [2.75, 3.05) is 29.6 Å². The molecule has 1 unspecified atom stereocenters. The molecule has 5 aromatic carbocycles. The van der Waals surface area contributed by atoms with Crippen LogP contribution in [0.5, 0.6) is 0 Å². The topological polar surface area (TPSA) is 90.5 Å². The molecule has 0 saturated carbocycles. The zero-order chi connectivity index (χ0) is 33.2. The van der Waals surface area contributed by atoms with E-state index in [1.54, 1.807) is 36.4 Å². The lowest BCUT2D eigenvalue weighted by molar-refractivity contribution is -0.116. The van der Waals surface area contributed by atoms with Crippen LogP contribution in [-0.2, 0) is 9.59 Å². The highest BCUT2D eigenvalue weighted by Gasteiger charge is 2.23. The summed E-state index contributed by atoms with van der Waals surface area (Å²) in [5.41, 5.74) is 5.40. The zero-order valence-electron chi connectivity index (χ0n) is 26.4. The molecule has 0 aliphatic heterocycles. The van der Waals surface area contributed by atoms with Crippen molar-refractivity contribution in [3.05, 3.63) is 161 Å². The molecule has 8 heteroatoms. The normalized spacial score (nSPS) is 11.7. The van der Waals surface area contributed by atoms with E-state index in [9.17, 15) is 14.4 Å². The molecule has 236 valence electrons. The van der Waals surface area contributed by atoms with Gasteiger partial charge in [-0.3, -0.25) is 14.4 Å². The molecule has 5 aromatic rings. The Hall–Kier alpha value is -5.60. The fourth-order valence-electron chi connectivity index (χ4n) is 4.77. The number of hydrogen-bond acceptors (Lipinski definition) is 5. The van der Waals surface area contributed by atoms with Crippen LogP contribution in [0.4, 0.5) is 17.1 Å². The number of carbonyl (C=O) groups is 3. The monoisotopic (exact) mass is 640 g/mol. The molecule has 3 N–H and O–H groups in total. The highest BCUT2D eigenvalue weighted by atomic mass is 32.2. The predicted octanol–water partition coefficient (Wildman–Crippen LogP) is 7.94. The van der Waals surface area contributed by atoms with Gasteiger partial charge in [-0.1, -0.05) is 84.9 Å². The van der Waals surface area contributed by atoms with Crippen LogP contribution in [0.2, 0.25) is 0 Å². The number of amides is 3. The van der Waals surface area contributed by atoms with Crippen LogP contribution < -0.4 is 20.9 Å². The van der Waals surface area contributed by atoms with Crippen molar-refractivity contribution in [3.8, 4) is 0 Å². The number of nitrogens with one attached hydrogen (secondary N) is 3. The number of hydrogen-bond donors (Lipinski definition) is 3. The second-order valence-corrected chi connectivity index (χ2v) is 12.2. The van der Waals surface area contributed by atoms with Gasteiger partial charge in [0.25, 0.3) is 11.8 Å². The Balaban J connectivity index is 1.38. The molecule has 0 fully saturated rings. The van der Waals surface area contributed by atoms with Crippen molar-refractivity contribution in [2.24, 2.45) is 0 Å². The number of aryl methyl sites for hydroxylation is 1. The first kappa shape index (κ1) is 32.8. The third-order valence-electron chi connectivity index (χ3n) is 7.34. The summed E-state index contributed by atoms with van der Waals surface area (Å²) in [5, 5.41) is 8.25. The Labute approximate surface area is 279 Å². The van der Waals surface area contributed by atoms with Crippen LogP contribution in [0.1, 0.15) is 32.3 Å². The van der Waals surface area contributed by atoms with E-state index in [2.05, 4.69) is 16.0 Å². The van der Waals surface area contributed by atoms with Crippen LogP contribution in [0, 0.1) is 6.92 Å². The number of thioether (sulfide) groups is 1. The lowest BCUT2D eigenvalue weighted by Gasteiger charge is -2.18. The number of carbonyl (C=O) groups excluding carboxylic acids is 3. The minimum Gasteiger partial charge on any atom is -0.378 e. The molecule has 0 aromatic heterocycles. The predicted molar refractivity (Wildman–Crippen MR) is 193 cm³/mol. The second-order valence-electron chi connectivity index (χ2n) is 11.1. The first-order valence-electron chi connectivity index (χ1n) is 15.1. The first-order valence-corrected chi connectivity index (χ1v) is 16.0. The van der Waals surface area contributed by atoms with Gasteiger partial charge < -0.3 is 20.9 Å². The molecule has 47 heavy (non-hydrogen) atoms. The summed E-state index contributed by atoms with van der Waals surface area (Å²) in [6, 6.07) is 41.0. The third-order valence-corrected chi connectivity index (χ3v) is 8.59. The van der Waals surface area contributed by atoms with Crippen LogP contribution >= 0.6 is 11.8 Å². The molecule has 0 bridgehead atoms. The Bertz CT molecular complexity index is 1870. The van der Waals surface area contributed by atoms with E-state index >= 15 is 0 Å². The molecule has 0 heterocycles. The fourth-order valence-corrected chi connectivity index (χ4v) is 5.86. The van der Waals surface area contributed by atoms with Gasteiger partial charge in [-0.15, -0.1) is 11.8 Å². The Morgan fingerprint density at radius 1 is 0.723 bits per heavy atom. The molecule has 7 nitrogen and oxygen atoms in total. The smallest absolute Gasteiger partial charge is 0.272 e. The molecule has 1 atom stereocenters. The largest absolute Gasteiger partial charge is 0.378 e. The van der Waals surface area contributed by atoms with Crippen molar-refractivity contribution < 1.29 is 14.4 Å². The van der Waals surface area contributed by atoms with Gasteiger partial charge in [-0.25, -0.2) is 0 Å². The Morgan fingerprint density at radius 3 is 2.06 bits per heavy atom. The van der Waals surface area contributed by atoms with Gasteiger partial charge >= 0.3 is 0 Å². The van der Waals surface area contributed by atoms with E-state index in [1.165, 1.54) is 11.8 Å². The van der Waals surface area contributed by atoms with Crippen molar-refractivity contribution in [1.29, 1.82) is 0 Å². The van der Waals surface area contributed by atoms with Gasteiger partial charge in [0.2, 0.25) is 5.91 Å². The summed E-state index contributed by atoms with van der Waals surface area (Å²) in [7, 11) is 3.91. The van der Waals surface area contributed by atoms with Gasteiger partial charge in [0.15, 0.2) is 0 Å². The average Bonchev–Trinajstić information content (AvgIpc) is 3.09. The maximum Gasteiger partial charge on any atom is 0.272 e. The minimum atomic E-state index is -0.549. The quantitative estimate of drug-likeness (QED) is 0.101. The van der Waals surface area contributed by atoms with E-state index in [4.69, 9.17) is 0 Å². The second kappa shape index (κ2) is 15.6. The molecule has 0 saturated heterocycles. The van der Waals surface area contributed by atoms with Gasteiger partial charge in [-0.05, 0) is 78.2 Å². The van der Waals surface area contributed by atoms with Gasteiger partial charge in [0, 0.05) is 41.6 Å². The number of anilines is 3. The minimum absolute atomic E-state index is 0.0919. The summed E-state index contributed by atoms with van der Waals surface area (Å²) in [6.07, 6.45) is 1.65. The maximum atomic E-state index is 13.7. The number of benzene rings is 5.